The molecule has 0 saturated carbocycles. The van der Waals surface area contributed by atoms with Crippen molar-refractivity contribution in [2.75, 3.05) is 45.9 Å². The van der Waals surface area contributed by atoms with E-state index in [0.717, 1.165) is 57.2 Å². The summed E-state index contributed by atoms with van der Waals surface area (Å²) in [5.74, 6) is 1.28. The van der Waals surface area contributed by atoms with Gasteiger partial charge in [-0.1, -0.05) is 5.16 Å². The van der Waals surface area contributed by atoms with Gasteiger partial charge < -0.3 is 24.4 Å². The Balaban J connectivity index is 0.00000243. The summed E-state index contributed by atoms with van der Waals surface area (Å²) in [7, 11) is 0. The number of nitrogens with zero attached hydrogens (tertiary/aromatic N) is 4. The van der Waals surface area contributed by atoms with Crippen molar-refractivity contribution in [3.05, 3.63) is 18.0 Å². The van der Waals surface area contributed by atoms with Crippen LogP contribution in [0.2, 0.25) is 0 Å². The zero-order valence-electron chi connectivity index (χ0n) is 15.2. The molecule has 0 atom stereocenters. The smallest absolute Gasteiger partial charge is 0.225 e. The van der Waals surface area contributed by atoms with Crippen molar-refractivity contribution in [1.82, 2.24) is 20.3 Å². The third-order valence-electron chi connectivity index (χ3n) is 4.68. The van der Waals surface area contributed by atoms with Gasteiger partial charge in [0.05, 0.1) is 19.8 Å². The van der Waals surface area contributed by atoms with E-state index >= 15 is 0 Å². The van der Waals surface area contributed by atoms with Crippen molar-refractivity contribution in [3.8, 4) is 0 Å². The van der Waals surface area contributed by atoms with Gasteiger partial charge in [0, 0.05) is 44.7 Å². The molecule has 1 amide bonds. The van der Waals surface area contributed by atoms with Crippen LogP contribution in [0.3, 0.4) is 0 Å². The van der Waals surface area contributed by atoms with Crippen molar-refractivity contribution in [3.63, 3.8) is 0 Å². The molecule has 3 heterocycles. The first-order valence-electron chi connectivity index (χ1n) is 9.07. The van der Waals surface area contributed by atoms with E-state index in [9.17, 15) is 4.79 Å². The lowest BCUT2D eigenvalue weighted by molar-refractivity contribution is -0.140. The van der Waals surface area contributed by atoms with Crippen molar-refractivity contribution < 1.29 is 14.1 Å². The fraction of sp³-hybridized carbons (Fsp3) is 0.706. The number of rotatable bonds is 4. The number of amides is 1. The zero-order valence-corrected chi connectivity index (χ0v) is 17.6. The number of morpholine rings is 1. The minimum Gasteiger partial charge on any atom is -0.378 e. The van der Waals surface area contributed by atoms with Crippen LogP contribution in [0.5, 0.6) is 0 Å². The second-order valence-electron chi connectivity index (χ2n) is 6.36. The second-order valence-corrected chi connectivity index (χ2v) is 6.36. The van der Waals surface area contributed by atoms with Crippen LogP contribution < -0.4 is 5.32 Å². The maximum atomic E-state index is 12.6. The molecule has 2 aliphatic rings. The minimum absolute atomic E-state index is 0. The molecule has 1 N–H and O–H groups in total. The number of piperidine rings is 1. The molecule has 0 unspecified atom stereocenters. The van der Waals surface area contributed by atoms with Gasteiger partial charge in [0.2, 0.25) is 5.91 Å². The fourth-order valence-corrected chi connectivity index (χ4v) is 3.28. The van der Waals surface area contributed by atoms with Gasteiger partial charge in [0.25, 0.3) is 0 Å². The predicted molar refractivity (Wildman–Crippen MR) is 108 cm³/mol. The van der Waals surface area contributed by atoms with E-state index in [1.54, 1.807) is 6.26 Å². The van der Waals surface area contributed by atoms with Crippen molar-refractivity contribution >= 4 is 35.8 Å². The van der Waals surface area contributed by atoms with Crippen LogP contribution in [0.4, 0.5) is 0 Å². The summed E-state index contributed by atoms with van der Waals surface area (Å²) in [4.78, 5) is 21.4. The normalized spacial score (nSPS) is 19.2. The molecule has 2 aliphatic heterocycles. The highest BCUT2D eigenvalue weighted by Gasteiger charge is 2.30. The lowest BCUT2D eigenvalue weighted by Crippen LogP contribution is -2.50. The molecule has 1 aromatic heterocycles. The average molecular weight is 477 g/mol. The predicted octanol–water partition coefficient (Wildman–Crippen LogP) is 1.33. The number of nitrogens with one attached hydrogen (secondary N) is 1. The highest BCUT2D eigenvalue weighted by molar-refractivity contribution is 14.0. The molecular weight excluding hydrogens is 449 g/mol. The number of carbonyl (C=O) groups excluding carboxylic acids is 1. The molecule has 2 fully saturated rings. The summed E-state index contributed by atoms with van der Waals surface area (Å²) < 4.78 is 10.2. The Bertz CT molecular complexity index is 567. The molecular formula is C17H28IN5O3. The third-order valence-corrected chi connectivity index (χ3v) is 4.68. The molecule has 0 spiro atoms. The standard InChI is InChI=1S/C17H27N5O3.HI/c1-2-18-17(19-13-15-5-10-25-20-15)22-6-3-14(4-7-22)16(23)21-8-11-24-12-9-21;/h5,10,14H,2-4,6-9,11-13H2,1H3,(H,18,19);1H. The Kier molecular flexibility index (Phi) is 8.63. The number of hydrogen-bond donors (Lipinski definition) is 1. The monoisotopic (exact) mass is 477 g/mol. The first-order chi connectivity index (χ1) is 12.3. The van der Waals surface area contributed by atoms with Crippen molar-refractivity contribution in [1.29, 1.82) is 0 Å². The summed E-state index contributed by atoms with van der Waals surface area (Å²) in [5, 5.41) is 7.22. The van der Waals surface area contributed by atoms with Gasteiger partial charge >= 0.3 is 0 Å². The molecule has 0 aliphatic carbocycles. The van der Waals surface area contributed by atoms with Crippen molar-refractivity contribution in [2.24, 2.45) is 10.9 Å². The summed E-state index contributed by atoms with van der Waals surface area (Å²) in [6.07, 6.45) is 3.29. The van der Waals surface area contributed by atoms with E-state index in [1.165, 1.54) is 0 Å². The second kappa shape index (κ2) is 10.7. The number of hydrogen-bond acceptors (Lipinski definition) is 5. The Hall–Kier alpha value is -1.36. The van der Waals surface area contributed by atoms with E-state index in [-0.39, 0.29) is 35.8 Å². The summed E-state index contributed by atoms with van der Waals surface area (Å²) in [6.45, 7) is 7.79. The topological polar surface area (TPSA) is 83.2 Å². The van der Waals surface area contributed by atoms with Crippen LogP contribution in [-0.4, -0.2) is 72.8 Å². The number of aliphatic imine (C=N–C) groups is 1. The van der Waals surface area contributed by atoms with E-state index in [4.69, 9.17) is 9.26 Å². The largest absolute Gasteiger partial charge is 0.378 e. The van der Waals surface area contributed by atoms with Crippen LogP contribution in [0.1, 0.15) is 25.5 Å². The summed E-state index contributed by atoms with van der Waals surface area (Å²) >= 11 is 0. The van der Waals surface area contributed by atoms with E-state index in [1.807, 2.05) is 11.0 Å². The molecule has 1 aromatic rings. The van der Waals surface area contributed by atoms with Gasteiger partial charge in [-0.3, -0.25) is 4.79 Å². The maximum Gasteiger partial charge on any atom is 0.225 e. The van der Waals surface area contributed by atoms with E-state index in [2.05, 4.69) is 27.3 Å². The zero-order chi connectivity index (χ0) is 17.5. The SMILES string of the molecule is CCNC(=NCc1ccon1)N1CCC(C(=O)N2CCOCC2)CC1.I. The molecule has 3 rings (SSSR count). The third kappa shape index (κ3) is 5.57. The number of halogens is 1. The van der Waals surface area contributed by atoms with E-state index < -0.39 is 0 Å². The summed E-state index contributed by atoms with van der Waals surface area (Å²) in [6, 6.07) is 1.82. The quantitative estimate of drug-likeness (QED) is 0.401. The van der Waals surface area contributed by atoms with Crippen LogP contribution in [0.15, 0.2) is 21.8 Å². The Labute approximate surface area is 171 Å². The first kappa shape index (κ1) is 20.9. The van der Waals surface area contributed by atoms with Crippen LogP contribution in [0.25, 0.3) is 0 Å². The van der Waals surface area contributed by atoms with Gasteiger partial charge in [-0.2, -0.15) is 0 Å². The van der Waals surface area contributed by atoms with Gasteiger partial charge in [-0.15, -0.1) is 24.0 Å². The molecule has 0 radical (unpaired) electrons. The fourth-order valence-electron chi connectivity index (χ4n) is 3.28. The molecule has 26 heavy (non-hydrogen) atoms. The van der Waals surface area contributed by atoms with Gasteiger partial charge in [-0.05, 0) is 19.8 Å². The Morgan fingerprint density at radius 3 is 2.62 bits per heavy atom. The number of guanidine groups is 1. The van der Waals surface area contributed by atoms with Crippen molar-refractivity contribution in [2.45, 2.75) is 26.3 Å². The minimum atomic E-state index is 0. The molecule has 0 aromatic carbocycles. The number of likely N-dealkylation sites (tertiary alicyclic amines) is 1. The first-order valence-corrected chi connectivity index (χ1v) is 9.07. The lowest BCUT2D eigenvalue weighted by atomic mass is 9.95. The van der Waals surface area contributed by atoms with Crippen LogP contribution in [0, 0.1) is 5.92 Å². The lowest BCUT2D eigenvalue weighted by Gasteiger charge is -2.36. The van der Waals surface area contributed by atoms with E-state index in [0.29, 0.717) is 19.8 Å². The van der Waals surface area contributed by atoms with Crippen LogP contribution >= 0.6 is 24.0 Å². The molecule has 9 heteroatoms. The Morgan fingerprint density at radius 1 is 1.27 bits per heavy atom. The number of aromatic nitrogens is 1. The average Bonchev–Trinajstić information content (AvgIpc) is 3.19. The number of ether oxygens (including phenoxy) is 1. The van der Waals surface area contributed by atoms with Gasteiger partial charge in [0.1, 0.15) is 12.0 Å². The highest BCUT2D eigenvalue weighted by Crippen LogP contribution is 2.20. The maximum absolute atomic E-state index is 12.6. The summed E-state index contributed by atoms with van der Waals surface area (Å²) in [5.41, 5.74) is 0.813. The molecule has 146 valence electrons. The van der Waals surface area contributed by atoms with Gasteiger partial charge in [-0.25, -0.2) is 4.99 Å². The number of carbonyl (C=O) groups is 1. The highest BCUT2D eigenvalue weighted by atomic mass is 127. The molecule has 8 nitrogen and oxygen atoms in total. The van der Waals surface area contributed by atoms with Gasteiger partial charge in [0.15, 0.2) is 5.96 Å². The molecule has 0 bridgehead atoms. The van der Waals surface area contributed by atoms with Crippen LogP contribution in [-0.2, 0) is 16.1 Å². The molecule has 2 saturated heterocycles. The Morgan fingerprint density at radius 2 is 2.00 bits per heavy atom.